The van der Waals surface area contributed by atoms with Gasteiger partial charge in [0.1, 0.15) is 5.75 Å². The normalized spacial score (nSPS) is 18.3. The summed E-state index contributed by atoms with van der Waals surface area (Å²) in [5.41, 5.74) is 8.43. The van der Waals surface area contributed by atoms with E-state index < -0.39 is 0 Å². The Labute approximate surface area is 192 Å². The highest BCUT2D eigenvalue weighted by molar-refractivity contribution is 7.12. The van der Waals surface area contributed by atoms with E-state index >= 15 is 0 Å². The summed E-state index contributed by atoms with van der Waals surface area (Å²) in [7, 11) is 3.67. The largest absolute Gasteiger partial charge is 0.496 e. The molecule has 2 aromatic heterocycles. The molecule has 0 radical (unpaired) electrons. The van der Waals surface area contributed by atoms with Crippen molar-refractivity contribution in [3.05, 3.63) is 58.5 Å². The molecule has 0 spiro atoms. The van der Waals surface area contributed by atoms with Gasteiger partial charge in [0.05, 0.1) is 12.0 Å². The van der Waals surface area contributed by atoms with Gasteiger partial charge in [-0.3, -0.25) is 4.79 Å². The highest BCUT2D eigenvalue weighted by atomic mass is 32.1. The standard InChI is InChI=1S/C24H29N5O2S/c1-26-19-6-8-20(9-7-19)29(23(30)22-4-3-11-32-22)15-17-12-16(5-10-21(17)31-2)18-13-27-24(25)28-14-18/h3-5,10-14,19-20,26H,6-9,15H2,1-2H3,(H2,25,27,28). The topological polar surface area (TPSA) is 93.4 Å². The minimum atomic E-state index is 0.0798. The summed E-state index contributed by atoms with van der Waals surface area (Å²) >= 11 is 1.49. The molecule has 4 rings (SSSR count). The van der Waals surface area contributed by atoms with Gasteiger partial charge in [-0.15, -0.1) is 11.3 Å². The van der Waals surface area contributed by atoms with Gasteiger partial charge in [-0.05, 0) is 61.9 Å². The number of nitrogens with two attached hydrogens (primary N) is 1. The second kappa shape index (κ2) is 10.1. The lowest BCUT2D eigenvalue weighted by Crippen LogP contribution is -2.44. The number of methoxy groups -OCH3 is 1. The maximum Gasteiger partial charge on any atom is 0.264 e. The second-order valence-corrected chi connectivity index (χ2v) is 9.01. The first-order valence-corrected chi connectivity index (χ1v) is 11.7. The molecule has 32 heavy (non-hydrogen) atoms. The van der Waals surface area contributed by atoms with Gasteiger partial charge in [0.2, 0.25) is 5.95 Å². The first-order chi connectivity index (χ1) is 15.6. The lowest BCUT2D eigenvalue weighted by molar-refractivity contribution is 0.0604. The third-order valence-electron chi connectivity index (χ3n) is 6.16. The Morgan fingerprint density at radius 1 is 1.19 bits per heavy atom. The van der Waals surface area contributed by atoms with Crippen molar-refractivity contribution in [2.45, 2.75) is 44.3 Å². The molecule has 168 valence electrons. The number of nitrogens with one attached hydrogen (secondary N) is 1. The Bertz CT molecular complexity index is 1030. The van der Waals surface area contributed by atoms with E-state index in [0.29, 0.717) is 12.6 Å². The van der Waals surface area contributed by atoms with Crippen molar-refractivity contribution in [1.29, 1.82) is 0 Å². The zero-order valence-electron chi connectivity index (χ0n) is 18.5. The minimum Gasteiger partial charge on any atom is -0.496 e. The van der Waals surface area contributed by atoms with Crippen molar-refractivity contribution in [2.24, 2.45) is 0 Å². The van der Waals surface area contributed by atoms with E-state index in [4.69, 9.17) is 10.5 Å². The second-order valence-electron chi connectivity index (χ2n) is 8.06. The Kier molecular flexibility index (Phi) is 7.02. The molecule has 3 N–H and O–H groups in total. The van der Waals surface area contributed by atoms with Crippen LogP contribution in [0.4, 0.5) is 5.95 Å². The van der Waals surface area contributed by atoms with Crippen molar-refractivity contribution in [3.63, 3.8) is 0 Å². The molecule has 1 fully saturated rings. The lowest BCUT2D eigenvalue weighted by Gasteiger charge is -2.37. The van der Waals surface area contributed by atoms with Gasteiger partial charge in [-0.2, -0.15) is 0 Å². The summed E-state index contributed by atoms with van der Waals surface area (Å²) in [6.45, 7) is 0.485. The molecule has 8 heteroatoms. The number of nitrogen functional groups attached to an aromatic ring is 1. The Morgan fingerprint density at radius 2 is 1.94 bits per heavy atom. The predicted octanol–water partition coefficient (Wildman–Crippen LogP) is 3.97. The van der Waals surface area contributed by atoms with Gasteiger partial charge in [0, 0.05) is 42.1 Å². The number of hydrogen-bond donors (Lipinski definition) is 2. The van der Waals surface area contributed by atoms with Crippen LogP contribution in [-0.2, 0) is 6.54 Å². The zero-order valence-corrected chi connectivity index (χ0v) is 19.3. The third-order valence-corrected chi connectivity index (χ3v) is 7.02. The van der Waals surface area contributed by atoms with Crippen LogP contribution in [0, 0.1) is 0 Å². The fourth-order valence-corrected chi connectivity index (χ4v) is 5.02. The molecular weight excluding hydrogens is 422 g/mol. The SMILES string of the molecule is CNC1CCC(N(Cc2cc(-c3cnc(N)nc3)ccc2OC)C(=O)c2cccs2)CC1. The van der Waals surface area contributed by atoms with Gasteiger partial charge in [0.15, 0.2) is 0 Å². The molecule has 0 unspecified atom stereocenters. The Balaban J connectivity index is 1.65. The molecule has 3 aromatic rings. The van der Waals surface area contributed by atoms with Gasteiger partial charge >= 0.3 is 0 Å². The molecule has 0 aliphatic heterocycles. The van der Waals surface area contributed by atoms with Crippen LogP contribution < -0.4 is 15.8 Å². The predicted molar refractivity (Wildman–Crippen MR) is 128 cm³/mol. The van der Waals surface area contributed by atoms with Crippen molar-refractivity contribution < 1.29 is 9.53 Å². The van der Waals surface area contributed by atoms with Crippen LogP contribution in [0.5, 0.6) is 5.75 Å². The number of hydrogen-bond acceptors (Lipinski definition) is 7. The number of nitrogens with zero attached hydrogens (tertiary/aromatic N) is 3. The summed E-state index contributed by atoms with van der Waals surface area (Å²) < 4.78 is 5.65. The number of aromatic nitrogens is 2. The van der Waals surface area contributed by atoms with Crippen molar-refractivity contribution >= 4 is 23.2 Å². The van der Waals surface area contributed by atoms with Crippen molar-refractivity contribution in [1.82, 2.24) is 20.2 Å². The van der Waals surface area contributed by atoms with E-state index in [9.17, 15) is 4.79 Å². The molecule has 1 aromatic carbocycles. The molecule has 0 saturated heterocycles. The van der Waals surface area contributed by atoms with Crippen molar-refractivity contribution in [3.8, 4) is 16.9 Å². The quantitative estimate of drug-likeness (QED) is 0.565. The van der Waals surface area contributed by atoms with E-state index in [1.54, 1.807) is 19.5 Å². The van der Waals surface area contributed by atoms with Crippen LogP contribution in [0.2, 0.25) is 0 Å². The molecule has 0 bridgehead atoms. The first-order valence-electron chi connectivity index (χ1n) is 10.9. The van der Waals surface area contributed by atoms with E-state index in [-0.39, 0.29) is 17.9 Å². The number of thiophene rings is 1. The van der Waals surface area contributed by atoms with Crippen LogP contribution in [0.3, 0.4) is 0 Å². The number of anilines is 1. The number of rotatable bonds is 7. The van der Waals surface area contributed by atoms with Gasteiger partial charge < -0.3 is 20.7 Å². The molecule has 1 aliphatic rings. The van der Waals surface area contributed by atoms with E-state index in [0.717, 1.165) is 53.0 Å². The summed E-state index contributed by atoms with van der Waals surface area (Å²) in [6, 6.07) is 10.5. The van der Waals surface area contributed by atoms with Crippen LogP contribution in [-0.4, -0.2) is 47.0 Å². The Hall–Kier alpha value is -2.97. The van der Waals surface area contributed by atoms with Gasteiger partial charge in [-0.1, -0.05) is 12.1 Å². The number of ether oxygens (including phenoxy) is 1. The first kappa shape index (κ1) is 22.2. The number of amides is 1. The molecule has 7 nitrogen and oxygen atoms in total. The van der Waals surface area contributed by atoms with Crippen LogP contribution in [0.25, 0.3) is 11.1 Å². The summed E-state index contributed by atoms with van der Waals surface area (Å²) in [5.74, 6) is 1.08. The highest BCUT2D eigenvalue weighted by Crippen LogP contribution is 2.31. The molecule has 1 saturated carbocycles. The number of carbonyl (C=O) groups is 1. The molecule has 2 heterocycles. The summed E-state index contributed by atoms with van der Waals surface area (Å²) in [5, 5.41) is 5.33. The average molecular weight is 452 g/mol. The summed E-state index contributed by atoms with van der Waals surface area (Å²) in [4.78, 5) is 24.5. The fourth-order valence-electron chi connectivity index (χ4n) is 4.34. The smallest absolute Gasteiger partial charge is 0.264 e. The average Bonchev–Trinajstić information content (AvgIpc) is 3.38. The van der Waals surface area contributed by atoms with E-state index in [1.165, 1.54) is 11.3 Å². The van der Waals surface area contributed by atoms with Gasteiger partial charge in [-0.25, -0.2) is 9.97 Å². The van der Waals surface area contributed by atoms with Crippen LogP contribution in [0.15, 0.2) is 48.1 Å². The van der Waals surface area contributed by atoms with Crippen LogP contribution in [0.1, 0.15) is 40.9 Å². The molecule has 1 amide bonds. The highest BCUT2D eigenvalue weighted by Gasteiger charge is 2.30. The molecule has 0 atom stereocenters. The molecular formula is C24H29N5O2S. The zero-order chi connectivity index (χ0) is 22.5. The monoisotopic (exact) mass is 451 g/mol. The minimum absolute atomic E-state index is 0.0798. The van der Waals surface area contributed by atoms with E-state index in [1.807, 2.05) is 41.6 Å². The summed E-state index contributed by atoms with van der Waals surface area (Å²) in [6.07, 6.45) is 7.51. The maximum absolute atomic E-state index is 13.5. The van der Waals surface area contributed by atoms with Crippen molar-refractivity contribution in [2.75, 3.05) is 19.9 Å². The lowest BCUT2D eigenvalue weighted by atomic mass is 9.89. The van der Waals surface area contributed by atoms with Crippen LogP contribution >= 0.6 is 11.3 Å². The number of benzene rings is 1. The third kappa shape index (κ3) is 4.92. The Morgan fingerprint density at radius 3 is 2.56 bits per heavy atom. The molecule has 1 aliphatic carbocycles. The van der Waals surface area contributed by atoms with Gasteiger partial charge in [0.25, 0.3) is 5.91 Å². The van der Waals surface area contributed by atoms with E-state index in [2.05, 4.69) is 21.4 Å². The fraction of sp³-hybridized carbons (Fsp3) is 0.375. The maximum atomic E-state index is 13.5. The number of carbonyl (C=O) groups excluding carboxylic acids is 1.